The smallest absolute Gasteiger partial charge is 0.274 e. The van der Waals surface area contributed by atoms with Crippen molar-refractivity contribution in [2.75, 3.05) is 10.8 Å². The van der Waals surface area contributed by atoms with E-state index in [9.17, 15) is 22.0 Å². The molecule has 1 aliphatic carbocycles. The second-order valence-corrected chi connectivity index (χ2v) is 7.20. The zero-order valence-electron chi connectivity index (χ0n) is 12.8. The lowest BCUT2D eigenvalue weighted by Crippen LogP contribution is -2.46. The normalized spacial score (nSPS) is 18.4. The van der Waals surface area contributed by atoms with Gasteiger partial charge in [0.15, 0.2) is 0 Å². The van der Waals surface area contributed by atoms with Crippen molar-refractivity contribution in [3.63, 3.8) is 0 Å². The molecule has 128 valence electrons. The molecule has 0 aromatic heterocycles. The Morgan fingerprint density at radius 2 is 1.83 bits per heavy atom. The molecule has 1 saturated carbocycles. The minimum Gasteiger partial charge on any atom is -0.274 e. The standard InChI is InChI=1S/C15H20F2N2O3S/c1-2-19(13-6-4-3-5-7-13)23(21,22)18-14(20)12-8-10-15(16,17)11-9-12/h3-7,12H,2,8-11H2,1H3,(H,18,20). The quantitative estimate of drug-likeness (QED) is 0.891. The Morgan fingerprint density at radius 1 is 1.26 bits per heavy atom. The average molecular weight is 346 g/mol. The molecule has 0 radical (unpaired) electrons. The van der Waals surface area contributed by atoms with E-state index in [0.29, 0.717) is 5.69 Å². The number of hydrogen-bond donors (Lipinski definition) is 1. The van der Waals surface area contributed by atoms with Crippen LogP contribution in [0.3, 0.4) is 0 Å². The minimum absolute atomic E-state index is 0.00812. The van der Waals surface area contributed by atoms with Gasteiger partial charge in [-0.05, 0) is 31.9 Å². The van der Waals surface area contributed by atoms with Crippen LogP contribution >= 0.6 is 0 Å². The monoisotopic (exact) mass is 346 g/mol. The summed E-state index contributed by atoms with van der Waals surface area (Å²) >= 11 is 0. The summed E-state index contributed by atoms with van der Waals surface area (Å²) in [6.45, 7) is 1.80. The van der Waals surface area contributed by atoms with Crippen LogP contribution in [-0.2, 0) is 15.0 Å². The summed E-state index contributed by atoms with van der Waals surface area (Å²) in [6.07, 6.45) is -0.791. The zero-order valence-corrected chi connectivity index (χ0v) is 13.7. The molecule has 1 amide bonds. The van der Waals surface area contributed by atoms with Crippen LogP contribution in [0, 0.1) is 5.92 Å². The van der Waals surface area contributed by atoms with Crippen molar-refractivity contribution in [3.05, 3.63) is 30.3 Å². The van der Waals surface area contributed by atoms with Gasteiger partial charge in [-0.1, -0.05) is 18.2 Å². The van der Waals surface area contributed by atoms with Gasteiger partial charge >= 0.3 is 10.2 Å². The molecular formula is C15H20F2N2O3S. The number of para-hydroxylation sites is 1. The number of hydrogen-bond acceptors (Lipinski definition) is 3. The number of alkyl halides is 2. The van der Waals surface area contributed by atoms with E-state index in [1.54, 1.807) is 37.3 Å². The summed E-state index contributed by atoms with van der Waals surface area (Å²) < 4.78 is 54.1. The zero-order chi connectivity index (χ0) is 17.1. The SMILES string of the molecule is CCN(c1ccccc1)S(=O)(=O)NC(=O)C1CCC(F)(F)CC1. The molecule has 0 spiro atoms. The molecule has 1 fully saturated rings. The lowest BCUT2D eigenvalue weighted by atomic mass is 9.86. The predicted octanol–water partition coefficient (Wildman–Crippen LogP) is 2.70. The third kappa shape index (κ3) is 4.40. The van der Waals surface area contributed by atoms with Crippen LogP contribution in [0.2, 0.25) is 0 Å². The third-order valence-corrected chi connectivity index (χ3v) is 5.45. The maximum atomic E-state index is 13.1. The molecule has 0 unspecified atom stereocenters. The molecule has 0 atom stereocenters. The number of halogens is 2. The number of carbonyl (C=O) groups excluding carboxylic acids is 1. The summed E-state index contributed by atoms with van der Waals surface area (Å²) in [4.78, 5) is 12.1. The van der Waals surface area contributed by atoms with Gasteiger partial charge in [-0.2, -0.15) is 8.42 Å². The fraction of sp³-hybridized carbons (Fsp3) is 0.533. The minimum atomic E-state index is -4.06. The first-order chi connectivity index (χ1) is 10.7. The van der Waals surface area contributed by atoms with Crippen LogP contribution in [0.25, 0.3) is 0 Å². The Balaban J connectivity index is 2.07. The Kier molecular flexibility index (Phi) is 5.23. The van der Waals surface area contributed by atoms with Gasteiger partial charge in [-0.3, -0.25) is 9.10 Å². The second-order valence-electron chi connectivity index (χ2n) is 5.60. The fourth-order valence-corrected chi connectivity index (χ4v) is 3.92. The van der Waals surface area contributed by atoms with Gasteiger partial charge in [-0.15, -0.1) is 0 Å². The van der Waals surface area contributed by atoms with E-state index in [-0.39, 0.29) is 32.2 Å². The number of benzene rings is 1. The molecular weight excluding hydrogens is 326 g/mol. The number of amides is 1. The molecule has 1 aromatic carbocycles. The van der Waals surface area contributed by atoms with Crippen LogP contribution < -0.4 is 9.03 Å². The highest BCUT2D eigenvalue weighted by Gasteiger charge is 2.38. The van der Waals surface area contributed by atoms with Gasteiger partial charge in [-0.25, -0.2) is 13.5 Å². The van der Waals surface area contributed by atoms with Crippen molar-refractivity contribution in [1.29, 1.82) is 0 Å². The maximum absolute atomic E-state index is 13.1. The van der Waals surface area contributed by atoms with Crippen molar-refractivity contribution in [2.45, 2.75) is 38.5 Å². The molecule has 1 aromatic rings. The largest absolute Gasteiger partial charge is 0.326 e. The van der Waals surface area contributed by atoms with Crippen LogP contribution in [0.1, 0.15) is 32.6 Å². The van der Waals surface area contributed by atoms with Crippen LogP contribution in [0.4, 0.5) is 14.5 Å². The summed E-state index contributed by atoms with van der Waals surface area (Å²) in [5, 5.41) is 0. The van der Waals surface area contributed by atoms with Gasteiger partial charge in [0.25, 0.3) is 0 Å². The Morgan fingerprint density at radius 3 is 2.35 bits per heavy atom. The van der Waals surface area contributed by atoms with Gasteiger partial charge in [0.05, 0.1) is 5.69 Å². The predicted molar refractivity (Wildman–Crippen MR) is 83.4 cm³/mol. The number of nitrogens with zero attached hydrogens (tertiary/aromatic N) is 1. The third-order valence-electron chi connectivity index (χ3n) is 3.94. The summed E-state index contributed by atoms with van der Waals surface area (Å²) in [7, 11) is -4.06. The van der Waals surface area contributed by atoms with E-state index in [1.165, 1.54) is 0 Å². The van der Waals surface area contributed by atoms with Gasteiger partial charge in [0.2, 0.25) is 11.8 Å². The number of carbonyl (C=O) groups is 1. The van der Waals surface area contributed by atoms with Gasteiger partial charge in [0, 0.05) is 25.3 Å². The number of nitrogens with one attached hydrogen (secondary N) is 1. The topological polar surface area (TPSA) is 66.5 Å². The highest BCUT2D eigenvalue weighted by molar-refractivity contribution is 7.91. The highest BCUT2D eigenvalue weighted by atomic mass is 32.2. The lowest BCUT2D eigenvalue weighted by molar-refractivity contribution is -0.127. The fourth-order valence-electron chi connectivity index (χ4n) is 2.65. The van der Waals surface area contributed by atoms with Crippen LogP contribution in [0.15, 0.2) is 30.3 Å². The molecule has 2 rings (SSSR count). The van der Waals surface area contributed by atoms with E-state index in [0.717, 1.165) is 4.31 Å². The van der Waals surface area contributed by atoms with Gasteiger partial charge < -0.3 is 0 Å². The molecule has 5 nitrogen and oxygen atoms in total. The summed E-state index contributed by atoms with van der Waals surface area (Å²) in [5.74, 6) is -4.16. The summed E-state index contributed by atoms with van der Waals surface area (Å²) in [6, 6.07) is 8.38. The van der Waals surface area contributed by atoms with E-state index >= 15 is 0 Å². The van der Waals surface area contributed by atoms with Crippen LogP contribution in [0.5, 0.6) is 0 Å². The van der Waals surface area contributed by atoms with Crippen molar-refractivity contribution in [1.82, 2.24) is 4.72 Å². The Hall–Kier alpha value is -1.70. The van der Waals surface area contributed by atoms with Crippen LogP contribution in [-0.4, -0.2) is 26.8 Å². The van der Waals surface area contributed by atoms with E-state index < -0.39 is 28.0 Å². The average Bonchev–Trinajstić information content (AvgIpc) is 2.48. The van der Waals surface area contributed by atoms with Crippen molar-refractivity contribution in [3.8, 4) is 0 Å². The number of rotatable bonds is 5. The molecule has 0 bridgehead atoms. The van der Waals surface area contributed by atoms with Gasteiger partial charge in [0.1, 0.15) is 0 Å². The Labute approximate surface area is 134 Å². The molecule has 8 heteroatoms. The lowest BCUT2D eigenvalue weighted by Gasteiger charge is -2.28. The van der Waals surface area contributed by atoms with Crippen molar-refractivity contribution >= 4 is 21.8 Å². The van der Waals surface area contributed by atoms with E-state index in [4.69, 9.17) is 0 Å². The van der Waals surface area contributed by atoms with Crippen molar-refractivity contribution < 1.29 is 22.0 Å². The maximum Gasteiger partial charge on any atom is 0.326 e. The van der Waals surface area contributed by atoms with E-state index in [2.05, 4.69) is 0 Å². The first-order valence-corrected chi connectivity index (χ1v) is 8.96. The first-order valence-electron chi connectivity index (χ1n) is 7.52. The summed E-state index contributed by atoms with van der Waals surface area (Å²) in [5.41, 5.74) is 0.436. The Bertz CT molecular complexity index is 640. The molecule has 1 N–H and O–H groups in total. The number of anilines is 1. The molecule has 0 heterocycles. The molecule has 0 aliphatic heterocycles. The second kappa shape index (κ2) is 6.82. The molecule has 23 heavy (non-hydrogen) atoms. The van der Waals surface area contributed by atoms with Crippen molar-refractivity contribution in [2.24, 2.45) is 5.92 Å². The first kappa shape index (κ1) is 17.7. The molecule has 0 saturated heterocycles. The van der Waals surface area contributed by atoms with E-state index in [1.807, 2.05) is 4.72 Å². The highest BCUT2D eigenvalue weighted by Crippen LogP contribution is 2.36. The molecule has 1 aliphatic rings.